The van der Waals surface area contributed by atoms with E-state index in [4.69, 9.17) is 10.2 Å². The number of alkyl halides is 2. The molecule has 0 radical (unpaired) electrons. The van der Waals surface area contributed by atoms with Crippen molar-refractivity contribution in [3.63, 3.8) is 0 Å². The second-order valence-electron chi connectivity index (χ2n) is 2.43. The summed E-state index contributed by atoms with van der Waals surface area (Å²) < 4.78 is 11.2. The van der Waals surface area contributed by atoms with Gasteiger partial charge in [-0.05, 0) is 12.1 Å². The van der Waals surface area contributed by atoms with Crippen LogP contribution >= 0.6 is 53.1 Å². The van der Waals surface area contributed by atoms with Crippen molar-refractivity contribution < 1.29 is 22.9 Å². The van der Waals surface area contributed by atoms with Gasteiger partial charge in [0, 0.05) is 3.57 Å². The molecule has 0 fully saturated rings. The van der Waals surface area contributed by atoms with E-state index >= 15 is 0 Å². The molecule has 0 unspecified atom stereocenters. The Kier molecular flexibility index (Phi) is 16.3. The molecule has 0 saturated heterocycles. The highest BCUT2D eigenvalue weighted by Crippen LogP contribution is 2.06. The molecule has 0 aromatic heterocycles. The monoisotopic (exact) mass is 496 g/mol. The van der Waals surface area contributed by atoms with Crippen LogP contribution in [0.5, 0.6) is 0 Å². The van der Waals surface area contributed by atoms with Crippen LogP contribution in [-0.2, 0) is 12.7 Å². The van der Waals surface area contributed by atoms with Crippen LogP contribution in [0, 0.1) is 3.57 Å². The molecule has 0 saturated carbocycles. The standard InChI is InChI=1S/C6H5IO.2C2H3BrO2/c8-7-6-4-2-1-3-5-6;2*3-1-2(4)5/h1-5H;2*1H2,(H,4,5). The largest absolute Gasteiger partial charge is 0.481 e. The maximum Gasteiger partial charge on any atom is 0.314 e. The van der Waals surface area contributed by atoms with Crippen LogP contribution in [0.15, 0.2) is 30.3 Å². The van der Waals surface area contributed by atoms with Gasteiger partial charge in [-0.15, -0.1) is 0 Å². The predicted molar refractivity (Wildman–Crippen MR) is 82.7 cm³/mol. The first-order chi connectivity index (χ1) is 8.47. The van der Waals surface area contributed by atoms with Crippen molar-refractivity contribution >= 4 is 65.0 Å². The molecule has 0 atom stereocenters. The van der Waals surface area contributed by atoms with E-state index in [-0.39, 0.29) is 10.7 Å². The lowest BCUT2D eigenvalue weighted by molar-refractivity contribution is -0.134. The molecule has 102 valence electrons. The molecule has 18 heavy (non-hydrogen) atoms. The van der Waals surface area contributed by atoms with Crippen molar-refractivity contribution in [3.8, 4) is 0 Å². The third kappa shape index (κ3) is 18.0. The van der Waals surface area contributed by atoms with Crippen molar-refractivity contribution in [2.45, 2.75) is 0 Å². The number of carboxylic acid groups (broad SMARTS) is 2. The number of rotatable bonds is 3. The number of carbonyl (C=O) groups is 2. The van der Waals surface area contributed by atoms with E-state index in [1.807, 2.05) is 30.3 Å². The van der Waals surface area contributed by atoms with Gasteiger partial charge in [-0.25, -0.2) is 0 Å². The normalized spacial score (nSPS) is 8.11. The van der Waals surface area contributed by atoms with E-state index in [1.54, 1.807) is 0 Å². The van der Waals surface area contributed by atoms with E-state index in [0.29, 0.717) is 0 Å². The molecule has 0 amide bonds. The van der Waals surface area contributed by atoms with Crippen LogP contribution in [0.1, 0.15) is 0 Å². The van der Waals surface area contributed by atoms with Crippen molar-refractivity contribution in [1.82, 2.24) is 0 Å². The number of hydrogen-bond donors (Lipinski definition) is 2. The van der Waals surface area contributed by atoms with E-state index < -0.39 is 33.1 Å². The predicted octanol–water partition coefficient (Wildman–Crippen LogP) is 3.10. The molecule has 5 nitrogen and oxygen atoms in total. The zero-order valence-electron chi connectivity index (χ0n) is 9.05. The molecule has 1 aromatic rings. The quantitative estimate of drug-likeness (QED) is 0.494. The Morgan fingerprint density at radius 1 is 1.00 bits per heavy atom. The van der Waals surface area contributed by atoms with Gasteiger partial charge in [0.25, 0.3) is 0 Å². The summed E-state index contributed by atoms with van der Waals surface area (Å²) in [5.41, 5.74) is 0. The number of hydrogen-bond acceptors (Lipinski definition) is 3. The lowest BCUT2D eigenvalue weighted by atomic mass is 10.4. The zero-order valence-corrected chi connectivity index (χ0v) is 14.4. The molecule has 8 heteroatoms. The van der Waals surface area contributed by atoms with Crippen LogP contribution in [-0.4, -0.2) is 32.8 Å². The lowest BCUT2D eigenvalue weighted by Crippen LogP contribution is -1.92. The van der Waals surface area contributed by atoms with Crippen molar-refractivity contribution in [3.05, 3.63) is 33.9 Å². The molecule has 0 spiro atoms. The molecular formula is C10H11Br2IO5. The van der Waals surface area contributed by atoms with E-state index in [2.05, 4.69) is 31.9 Å². The number of benzene rings is 1. The second kappa shape index (κ2) is 14.7. The van der Waals surface area contributed by atoms with Crippen LogP contribution in [0.4, 0.5) is 0 Å². The Bertz CT molecular complexity index is 345. The molecule has 0 bridgehead atoms. The summed E-state index contributed by atoms with van der Waals surface area (Å²) in [6.45, 7) is 0. The highest BCUT2D eigenvalue weighted by atomic mass is 127. The van der Waals surface area contributed by atoms with Crippen LogP contribution < -0.4 is 0 Å². The smallest absolute Gasteiger partial charge is 0.314 e. The molecule has 0 aliphatic rings. The van der Waals surface area contributed by atoms with Crippen LogP contribution in [0.3, 0.4) is 0 Å². The van der Waals surface area contributed by atoms with Gasteiger partial charge in [0.05, 0.1) is 0 Å². The number of carboxylic acids is 2. The summed E-state index contributed by atoms with van der Waals surface area (Å²) in [6.07, 6.45) is 0. The molecule has 1 aromatic carbocycles. The summed E-state index contributed by atoms with van der Waals surface area (Å²) in [5.74, 6) is -1.66. The first-order valence-electron chi connectivity index (χ1n) is 4.35. The minimum Gasteiger partial charge on any atom is -0.481 e. The fourth-order valence-electron chi connectivity index (χ4n) is 0.466. The van der Waals surface area contributed by atoms with Crippen LogP contribution in [0.25, 0.3) is 0 Å². The van der Waals surface area contributed by atoms with Crippen molar-refractivity contribution in [2.75, 3.05) is 10.7 Å². The number of aliphatic carboxylic acids is 2. The molecule has 1 rings (SSSR count). The third-order valence-corrected chi connectivity index (χ3v) is 3.24. The highest BCUT2D eigenvalue weighted by Gasteiger charge is 1.83. The SMILES string of the molecule is O=C(O)CBr.O=C(O)CBr.O=Ic1ccccc1. The lowest BCUT2D eigenvalue weighted by Gasteiger charge is -1.80. The average Bonchev–Trinajstić information content (AvgIpc) is 2.41. The molecule has 2 N–H and O–H groups in total. The van der Waals surface area contributed by atoms with Gasteiger partial charge in [-0.2, -0.15) is 0 Å². The van der Waals surface area contributed by atoms with Crippen molar-refractivity contribution in [1.29, 1.82) is 0 Å². The zero-order chi connectivity index (χ0) is 14.4. The van der Waals surface area contributed by atoms with E-state index in [9.17, 15) is 12.7 Å². The molecule has 0 aliphatic heterocycles. The molecule has 0 aliphatic carbocycles. The molecular weight excluding hydrogens is 487 g/mol. The Morgan fingerprint density at radius 3 is 1.50 bits per heavy atom. The fourth-order valence-corrected chi connectivity index (χ4v) is 1.17. The summed E-state index contributed by atoms with van der Waals surface area (Å²) in [7, 11) is 0. The van der Waals surface area contributed by atoms with Crippen molar-refractivity contribution in [2.24, 2.45) is 0 Å². The van der Waals surface area contributed by atoms with E-state index in [1.165, 1.54) is 0 Å². The van der Waals surface area contributed by atoms with Gasteiger partial charge in [-0.1, -0.05) is 50.1 Å². The van der Waals surface area contributed by atoms with Crippen LogP contribution in [0.2, 0.25) is 0 Å². The third-order valence-electron chi connectivity index (χ3n) is 1.05. The number of halogens is 3. The summed E-state index contributed by atoms with van der Waals surface area (Å²) in [6, 6.07) is 9.46. The summed E-state index contributed by atoms with van der Waals surface area (Å²) in [5, 5.41) is 15.4. The van der Waals surface area contributed by atoms with E-state index in [0.717, 1.165) is 3.57 Å². The van der Waals surface area contributed by atoms with Gasteiger partial charge in [-0.3, -0.25) is 12.7 Å². The maximum atomic E-state index is 10.2. The Hall–Kier alpha value is -0.350. The topological polar surface area (TPSA) is 91.7 Å². The van der Waals surface area contributed by atoms with Gasteiger partial charge in [0.2, 0.25) is 0 Å². The maximum absolute atomic E-state index is 10.2. The van der Waals surface area contributed by atoms with Gasteiger partial charge in [0.15, 0.2) is 21.2 Å². The fraction of sp³-hybridized carbons (Fsp3) is 0.200. The first-order valence-corrected chi connectivity index (χ1v) is 8.55. The highest BCUT2D eigenvalue weighted by molar-refractivity contribution is 14.1. The van der Waals surface area contributed by atoms with Gasteiger partial charge < -0.3 is 10.2 Å². The average molecular weight is 498 g/mol. The Balaban J connectivity index is 0. The minimum atomic E-state index is -0.941. The van der Waals surface area contributed by atoms with Gasteiger partial charge in [0.1, 0.15) is 10.7 Å². The first kappa shape index (κ1) is 20.0. The Labute approximate surface area is 131 Å². The Morgan fingerprint density at radius 2 is 1.33 bits per heavy atom. The summed E-state index contributed by atoms with van der Waals surface area (Å²) >= 11 is 4.49. The van der Waals surface area contributed by atoms with Gasteiger partial charge >= 0.3 is 11.9 Å². The summed E-state index contributed by atoms with van der Waals surface area (Å²) in [4.78, 5) is 18.6. The molecule has 0 heterocycles. The minimum absolute atomic E-state index is 0.0347. The second-order valence-corrected chi connectivity index (χ2v) is 5.23.